The summed E-state index contributed by atoms with van der Waals surface area (Å²) in [5.41, 5.74) is 1.21. The Kier molecular flexibility index (Phi) is 4.20. The van der Waals surface area contributed by atoms with Gasteiger partial charge in [0.05, 0.1) is 25.1 Å². The molecule has 0 N–H and O–H groups in total. The molecule has 28 heavy (non-hydrogen) atoms. The van der Waals surface area contributed by atoms with Crippen molar-refractivity contribution >= 4 is 16.9 Å². The molecule has 5 rings (SSSR count). The number of ether oxygens (including phenoxy) is 1. The number of rotatable bonds is 4. The monoisotopic (exact) mass is 379 g/mol. The van der Waals surface area contributed by atoms with E-state index >= 15 is 0 Å². The number of nitrogens with zero attached hydrogens (tertiary/aromatic N) is 5. The zero-order valence-electron chi connectivity index (χ0n) is 15.5. The van der Waals surface area contributed by atoms with Gasteiger partial charge in [-0.1, -0.05) is 18.2 Å². The largest absolute Gasteiger partial charge is 0.378 e. The Bertz CT molecular complexity index is 1080. The van der Waals surface area contributed by atoms with Crippen LogP contribution in [0.1, 0.15) is 24.6 Å². The Morgan fingerprint density at radius 1 is 1.14 bits per heavy atom. The van der Waals surface area contributed by atoms with E-state index in [1.807, 2.05) is 30.3 Å². The molecule has 0 unspecified atom stereocenters. The SMILES string of the molecule is O=C(Cn1c(C2CC2)nc2c(cnn2-c2ccccc2)c1=O)N1CCOCC1. The molecule has 2 aromatic heterocycles. The van der Waals surface area contributed by atoms with Crippen LogP contribution in [0.3, 0.4) is 0 Å². The van der Waals surface area contributed by atoms with Crippen LogP contribution in [0.15, 0.2) is 41.3 Å². The van der Waals surface area contributed by atoms with Gasteiger partial charge in [-0.3, -0.25) is 14.2 Å². The van der Waals surface area contributed by atoms with Crippen LogP contribution in [0, 0.1) is 0 Å². The van der Waals surface area contributed by atoms with E-state index in [1.165, 1.54) is 0 Å². The molecule has 0 spiro atoms. The van der Waals surface area contributed by atoms with Gasteiger partial charge in [-0.25, -0.2) is 9.67 Å². The number of hydrogen-bond donors (Lipinski definition) is 0. The second-order valence-corrected chi connectivity index (χ2v) is 7.26. The van der Waals surface area contributed by atoms with Crippen molar-refractivity contribution in [2.75, 3.05) is 26.3 Å². The fourth-order valence-corrected chi connectivity index (χ4v) is 3.63. The highest BCUT2D eigenvalue weighted by atomic mass is 16.5. The summed E-state index contributed by atoms with van der Waals surface area (Å²) in [6.45, 7) is 2.22. The van der Waals surface area contributed by atoms with Crippen LogP contribution in [0.25, 0.3) is 16.7 Å². The van der Waals surface area contributed by atoms with Crippen molar-refractivity contribution in [2.45, 2.75) is 25.3 Å². The van der Waals surface area contributed by atoms with E-state index in [0.29, 0.717) is 43.2 Å². The van der Waals surface area contributed by atoms with Crippen LogP contribution in [0.5, 0.6) is 0 Å². The van der Waals surface area contributed by atoms with E-state index in [9.17, 15) is 9.59 Å². The van der Waals surface area contributed by atoms with Crippen molar-refractivity contribution in [3.63, 3.8) is 0 Å². The number of morpholine rings is 1. The smallest absolute Gasteiger partial charge is 0.265 e. The van der Waals surface area contributed by atoms with E-state index < -0.39 is 0 Å². The highest BCUT2D eigenvalue weighted by Gasteiger charge is 2.31. The van der Waals surface area contributed by atoms with Gasteiger partial charge in [0, 0.05) is 19.0 Å². The van der Waals surface area contributed by atoms with Crippen molar-refractivity contribution in [2.24, 2.45) is 0 Å². The summed E-state index contributed by atoms with van der Waals surface area (Å²) in [4.78, 5) is 32.5. The number of aromatic nitrogens is 4. The van der Waals surface area contributed by atoms with Gasteiger partial charge in [0.15, 0.2) is 5.65 Å². The molecule has 2 fully saturated rings. The highest BCUT2D eigenvalue weighted by Crippen LogP contribution is 2.39. The minimum absolute atomic E-state index is 0.0180. The fraction of sp³-hybridized carbons (Fsp3) is 0.400. The van der Waals surface area contributed by atoms with Crippen LogP contribution in [-0.2, 0) is 16.1 Å². The third-order valence-corrected chi connectivity index (χ3v) is 5.32. The summed E-state index contributed by atoms with van der Waals surface area (Å²) < 4.78 is 8.55. The molecule has 144 valence electrons. The van der Waals surface area contributed by atoms with Crippen molar-refractivity contribution in [1.82, 2.24) is 24.2 Å². The summed E-state index contributed by atoms with van der Waals surface area (Å²) in [5, 5.41) is 4.82. The summed E-state index contributed by atoms with van der Waals surface area (Å²) in [7, 11) is 0. The first-order valence-corrected chi connectivity index (χ1v) is 9.62. The molecule has 1 aliphatic heterocycles. The lowest BCUT2D eigenvalue weighted by molar-refractivity contribution is -0.136. The van der Waals surface area contributed by atoms with E-state index in [0.717, 1.165) is 18.5 Å². The van der Waals surface area contributed by atoms with Crippen molar-refractivity contribution < 1.29 is 9.53 Å². The molecular formula is C20H21N5O3. The molecule has 0 bridgehead atoms. The predicted octanol–water partition coefficient (Wildman–Crippen LogP) is 1.32. The topological polar surface area (TPSA) is 82.2 Å². The molecule has 1 amide bonds. The zero-order valence-corrected chi connectivity index (χ0v) is 15.5. The average Bonchev–Trinajstić information content (AvgIpc) is 3.50. The molecule has 1 saturated carbocycles. The average molecular weight is 379 g/mol. The van der Waals surface area contributed by atoms with Gasteiger partial charge in [0.2, 0.25) is 5.91 Å². The number of para-hydroxylation sites is 1. The van der Waals surface area contributed by atoms with Gasteiger partial charge >= 0.3 is 0 Å². The number of fused-ring (bicyclic) bond motifs is 1. The van der Waals surface area contributed by atoms with Crippen LogP contribution >= 0.6 is 0 Å². The summed E-state index contributed by atoms with van der Waals surface area (Å²) in [5.74, 6) is 0.856. The lowest BCUT2D eigenvalue weighted by Gasteiger charge is -2.27. The van der Waals surface area contributed by atoms with Gasteiger partial charge < -0.3 is 9.64 Å². The van der Waals surface area contributed by atoms with Crippen LogP contribution in [0.4, 0.5) is 0 Å². The van der Waals surface area contributed by atoms with Crippen LogP contribution in [-0.4, -0.2) is 56.4 Å². The number of carbonyl (C=O) groups is 1. The molecule has 8 nitrogen and oxygen atoms in total. The van der Waals surface area contributed by atoms with Gasteiger partial charge in [0.1, 0.15) is 17.8 Å². The van der Waals surface area contributed by atoms with Gasteiger partial charge in [-0.05, 0) is 25.0 Å². The van der Waals surface area contributed by atoms with E-state index in [4.69, 9.17) is 9.72 Å². The molecule has 8 heteroatoms. The first-order chi connectivity index (χ1) is 13.7. The van der Waals surface area contributed by atoms with Crippen molar-refractivity contribution in [3.05, 3.63) is 52.7 Å². The normalized spacial score (nSPS) is 17.2. The van der Waals surface area contributed by atoms with Gasteiger partial charge in [0.25, 0.3) is 5.56 Å². The Morgan fingerprint density at radius 3 is 2.61 bits per heavy atom. The third-order valence-electron chi connectivity index (χ3n) is 5.32. The maximum atomic E-state index is 13.2. The molecular weight excluding hydrogens is 358 g/mol. The quantitative estimate of drug-likeness (QED) is 0.683. The second-order valence-electron chi connectivity index (χ2n) is 7.26. The molecule has 1 saturated heterocycles. The molecule has 1 aliphatic carbocycles. The Morgan fingerprint density at radius 2 is 1.89 bits per heavy atom. The Balaban J connectivity index is 1.58. The number of benzene rings is 1. The number of carbonyl (C=O) groups excluding carboxylic acids is 1. The summed E-state index contributed by atoms with van der Waals surface area (Å²) in [6, 6.07) is 9.64. The maximum absolute atomic E-state index is 13.2. The fourth-order valence-electron chi connectivity index (χ4n) is 3.63. The number of hydrogen-bond acceptors (Lipinski definition) is 5. The van der Waals surface area contributed by atoms with E-state index in [2.05, 4.69) is 5.10 Å². The maximum Gasteiger partial charge on any atom is 0.265 e. The van der Waals surface area contributed by atoms with Crippen molar-refractivity contribution in [1.29, 1.82) is 0 Å². The molecule has 0 radical (unpaired) electrons. The zero-order chi connectivity index (χ0) is 19.1. The lowest BCUT2D eigenvalue weighted by Crippen LogP contribution is -2.44. The molecule has 0 atom stereocenters. The van der Waals surface area contributed by atoms with E-state index in [-0.39, 0.29) is 23.9 Å². The minimum atomic E-state index is -0.198. The number of amides is 1. The molecule has 1 aromatic carbocycles. The summed E-state index contributed by atoms with van der Waals surface area (Å²) in [6.07, 6.45) is 3.52. The van der Waals surface area contributed by atoms with Crippen molar-refractivity contribution in [3.8, 4) is 5.69 Å². The lowest BCUT2D eigenvalue weighted by atomic mass is 10.3. The Hall–Kier alpha value is -3.00. The van der Waals surface area contributed by atoms with E-state index in [1.54, 1.807) is 20.3 Å². The van der Waals surface area contributed by atoms with Gasteiger partial charge in [-0.2, -0.15) is 5.10 Å². The molecule has 3 heterocycles. The van der Waals surface area contributed by atoms with Crippen LogP contribution < -0.4 is 5.56 Å². The standard InChI is InChI=1S/C20H21N5O3/c26-17(23-8-10-28-11-9-23)13-24-18(14-6-7-14)22-19-16(20(24)27)12-21-25(19)15-4-2-1-3-5-15/h1-5,12,14H,6-11,13H2. The third kappa shape index (κ3) is 2.99. The Labute approximate surface area is 161 Å². The molecule has 2 aliphatic rings. The van der Waals surface area contributed by atoms with Gasteiger partial charge in [-0.15, -0.1) is 0 Å². The molecule has 3 aromatic rings. The van der Waals surface area contributed by atoms with Crippen LogP contribution in [0.2, 0.25) is 0 Å². The summed E-state index contributed by atoms with van der Waals surface area (Å²) >= 11 is 0. The first-order valence-electron chi connectivity index (χ1n) is 9.62. The minimum Gasteiger partial charge on any atom is -0.378 e. The first kappa shape index (κ1) is 17.1. The highest BCUT2D eigenvalue weighted by molar-refractivity contribution is 5.78. The predicted molar refractivity (Wildman–Crippen MR) is 102 cm³/mol. The second kappa shape index (κ2) is 6.87.